The molecule has 1 rings (SSSR count). The number of ether oxygens (including phenoxy) is 5. The molecule has 0 atom stereocenters. The van der Waals surface area contributed by atoms with Crippen LogP contribution >= 0.6 is 0 Å². The molecular formula is C19H32O8S. The first kappa shape index (κ1) is 24.8. The molecule has 9 heteroatoms. The van der Waals surface area contributed by atoms with Crippen LogP contribution in [0.5, 0.6) is 5.75 Å². The Morgan fingerprint density at radius 3 is 1.68 bits per heavy atom. The summed E-state index contributed by atoms with van der Waals surface area (Å²) < 4.78 is 55.8. The lowest BCUT2D eigenvalue weighted by molar-refractivity contribution is 0.000162. The predicted octanol–water partition coefficient (Wildman–Crippen LogP) is 2.27. The standard InChI is InChI=1S/C19H32O8S/c1-19(2,3)27-28(20,21)18-7-5-17(6-8-18)26-16-15-25-14-13-24-12-11-23-10-9-22-4/h5-8H,9-16H2,1-4H3. The van der Waals surface area contributed by atoms with Crippen LogP contribution in [0.2, 0.25) is 0 Å². The number of methoxy groups -OCH3 is 1. The first-order valence-electron chi connectivity index (χ1n) is 9.15. The second-order valence-electron chi connectivity index (χ2n) is 6.80. The lowest BCUT2D eigenvalue weighted by atomic mass is 10.2. The van der Waals surface area contributed by atoms with Gasteiger partial charge in [-0.3, -0.25) is 4.18 Å². The van der Waals surface area contributed by atoms with Crippen LogP contribution in [0, 0.1) is 0 Å². The van der Waals surface area contributed by atoms with E-state index in [-0.39, 0.29) is 4.90 Å². The number of benzene rings is 1. The van der Waals surface area contributed by atoms with Gasteiger partial charge >= 0.3 is 0 Å². The highest BCUT2D eigenvalue weighted by Crippen LogP contribution is 2.22. The molecule has 0 unspecified atom stereocenters. The maximum absolute atomic E-state index is 12.1. The molecule has 0 bridgehead atoms. The van der Waals surface area contributed by atoms with Gasteiger partial charge in [-0.25, -0.2) is 0 Å². The molecule has 0 heterocycles. The quantitative estimate of drug-likeness (QED) is 0.315. The third-order valence-electron chi connectivity index (χ3n) is 3.14. The second kappa shape index (κ2) is 13.1. The normalized spacial score (nSPS) is 12.3. The molecule has 0 spiro atoms. The molecular weight excluding hydrogens is 388 g/mol. The monoisotopic (exact) mass is 420 g/mol. The predicted molar refractivity (Wildman–Crippen MR) is 104 cm³/mol. The molecule has 0 radical (unpaired) electrons. The Labute approximate surface area is 168 Å². The summed E-state index contributed by atoms with van der Waals surface area (Å²) in [6.07, 6.45) is 0. The Bertz CT molecular complexity index is 622. The number of rotatable bonds is 15. The SMILES string of the molecule is COCCOCCOCCOCCOc1ccc(S(=O)(=O)OC(C)(C)C)cc1. The number of hydrogen-bond donors (Lipinski definition) is 0. The molecule has 28 heavy (non-hydrogen) atoms. The van der Waals surface area contributed by atoms with Crippen LogP contribution in [0.3, 0.4) is 0 Å². The van der Waals surface area contributed by atoms with Gasteiger partial charge in [0.15, 0.2) is 0 Å². The van der Waals surface area contributed by atoms with Crippen molar-refractivity contribution in [1.29, 1.82) is 0 Å². The molecule has 0 aliphatic rings. The Kier molecular flexibility index (Phi) is 11.6. The van der Waals surface area contributed by atoms with Gasteiger partial charge in [-0.05, 0) is 45.0 Å². The van der Waals surface area contributed by atoms with E-state index in [1.165, 1.54) is 12.1 Å². The van der Waals surface area contributed by atoms with E-state index in [1.807, 2.05) is 0 Å². The molecule has 0 saturated carbocycles. The van der Waals surface area contributed by atoms with Gasteiger partial charge in [0.05, 0.1) is 56.7 Å². The van der Waals surface area contributed by atoms with E-state index in [1.54, 1.807) is 40.0 Å². The van der Waals surface area contributed by atoms with Crippen molar-refractivity contribution in [3.8, 4) is 5.75 Å². The van der Waals surface area contributed by atoms with Gasteiger partial charge < -0.3 is 23.7 Å². The maximum atomic E-state index is 12.1. The molecule has 0 saturated heterocycles. The molecule has 0 aliphatic heterocycles. The van der Waals surface area contributed by atoms with Crippen LogP contribution in [0.25, 0.3) is 0 Å². The molecule has 0 fully saturated rings. The lowest BCUT2D eigenvalue weighted by Crippen LogP contribution is -2.24. The fraction of sp³-hybridized carbons (Fsp3) is 0.684. The van der Waals surface area contributed by atoms with Crippen LogP contribution in [-0.2, 0) is 33.2 Å². The summed E-state index contributed by atoms with van der Waals surface area (Å²) in [6, 6.07) is 6.09. The summed E-state index contributed by atoms with van der Waals surface area (Å²) in [5.74, 6) is 0.558. The molecule has 0 aromatic heterocycles. The number of hydrogen-bond acceptors (Lipinski definition) is 8. The fourth-order valence-corrected chi connectivity index (χ4v) is 3.21. The van der Waals surface area contributed by atoms with Crippen molar-refractivity contribution >= 4 is 10.1 Å². The minimum Gasteiger partial charge on any atom is -0.491 e. The van der Waals surface area contributed by atoms with Crippen molar-refractivity contribution in [1.82, 2.24) is 0 Å². The van der Waals surface area contributed by atoms with Crippen LogP contribution < -0.4 is 4.74 Å². The lowest BCUT2D eigenvalue weighted by Gasteiger charge is -2.18. The third-order valence-corrected chi connectivity index (χ3v) is 4.71. The van der Waals surface area contributed by atoms with E-state index in [0.717, 1.165) is 0 Å². The Morgan fingerprint density at radius 1 is 0.750 bits per heavy atom. The van der Waals surface area contributed by atoms with E-state index in [0.29, 0.717) is 58.6 Å². The van der Waals surface area contributed by atoms with Crippen LogP contribution in [-0.4, -0.2) is 74.0 Å². The smallest absolute Gasteiger partial charge is 0.297 e. The van der Waals surface area contributed by atoms with Gasteiger partial charge in [-0.1, -0.05) is 0 Å². The molecule has 1 aromatic carbocycles. The first-order chi connectivity index (χ1) is 13.2. The second-order valence-corrected chi connectivity index (χ2v) is 8.35. The van der Waals surface area contributed by atoms with Crippen LogP contribution in [0.15, 0.2) is 29.2 Å². The van der Waals surface area contributed by atoms with E-state index in [4.69, 9.17) is 27.9 Å². The highest BCUT2D eigenvalue weighted by atomic mass is 32.2. The van der Waals surface area contributed by atoms with E-state index < -0.39 is 15.7 Å². The topological polar surface area (TPSA) is 89.5 Å². The van der Waals surface area contributed by atoms with Gasteiger partial charge in [0, 0.05) is 7.11 Å². The average molecular weight is 421 g/mol. The van der Waals surface area contributed by atoms with Crippen molar-refractivity contribution in [3.05, 3.63) is 24.3 Å². The summed E-state index contributed by atoms with van der Waals surface area (Å²) in [5.41, 5.74) is -0.786. The van der Waals surface area contributed by atoms with Crippen LogP contribution in [0.1, 0.15) is 20.8 Å². The van der Waals surface area contributed by atoms with Gasteiger partial charge in [0.2, 0.25) is 0 Å². The van der Waals surface area contributed by atoms with Gasteiger partial charge in [0.25, 0.3) is 10.1 Å². The average Bonchev–Trinajstić information content (AvgIpc) is 2.61. The minimum absolute atomic E-state index is 0.0920. The molecule has 1 aromatic rings. The maximum Gasteiger partial charge on any atom is 0.297 e. The summed E-state index contributed by atoms with van der Waals surface area (Å²) in [6.45, 7) is 8.92. The summed E-state index contributed by atoms with van der Waals surface area (Å²) in [7, 11) is -2.16. The zero-order valence-corrected chi connectivity index (χ0v) is 18.0. The summed E-state index contributed by atoms with van der Waals surface area (Å²) in [4.78, 5) is 0.0920. The van der Waals surface area contributed by atoms with Crippen molar-refractivity contribution < 1.29 is 36.3 Å². The summed E-state index contributed by atoms with van der Waals surface area (Å²) in [5, 5.41) is 0. The third kappa shape index (κ3) is 11.6. The van der Waals surface area contributed by atoms with E-state index >= 15 is 0 Å². The fourth-order valence-electron chi connectivity index (χ4n) is 1.98. The molecule has 0 N–H and O–H groups in total. The summed E-state index contributed by atoms with van der Waals surface area (Å²) >= 11 is 0. The van der Waals surface area contributed by atoms with Crippen LogP contribution in [0.4, 0.5) is 0 Å². The highest BCUT2D eigenvalue weighted by Gasteiger charge is 2.23. The van der Waals surface area contributed by atoms with Crippen molar-refractivity contribution in [2.24, 2.45) is 0 Å². The van der Waals surface area contributed by atoms with Crippen molar-refractivity contribution in [2.75, 3.05) is 60.0 Å². The molecule has 162 valence electrons. The highest BCUT2D eigenvalue weighted by molar-refractivity contribution is 7.86. The first-order valence-corrected chi connectivity index (χ1v) is 10.6. The Hall–Kier alpha value is -1.23. The van der Waals surface area contributed by atoms with Crippen molar-refractivity contribution in [3.63, 3.8) is 0 Å². The van der Waals surface area contributed by atoms with E-state index in [9.17, 15) is 8.42 Å². The molecule has 8 nitrogen and oxygen atoms in total. The van der Waals surface area contributed by atoms with Gasteiger partial charge in [0.1, 0.15) is 12.4 Å². The zero-order valence-electron chi connectivity index (χ0n) is 17.1. The molecule has 0 aliphatic carbocycles. The Balaban J connectivity index is 2.13. The van der Waals surface area contributed by atoms with Gasteiger partial charge in [-0.2, -0.15) is 8.42 Å². The minimum atomic E-state index is -3.79. The van der Waals surface area contributed by atoms with Gasteiger partial charge in [-0.15, -0.1) is 0 Å². The Morgan fingerprint density at radius 2 is 1.21 bits per heavy atom. The largest absolute Gasteiger partial charge is 0.491 e. The van der Waals surface area contributed by atoms with Crippen molar-refractivity contribution in [2.45, 2.75) is 31.3 Å². The molecule has 0 amide bonds. The van der Waals surface area contributed by atoms with E-state index in [2.05, 4.69) is 0 Å². The zero-order chi connectivity index (χ0) is 20.9.